The molecular weight excluding hydrogens is 620 g/mol. The molecular formula is C43H51N4O3+. The van der Waals surface area contributed by atoms with Crippen molar-refractivity contribution in [3.8, 4) is 0 Å². The predicted octanol–water partition coefficient (Wildman–Crippen LogP) is 7.57. The number of unbranched alkanes of at least 4 members (excludes halogenated alkanes) is 2. The third-order valence-corrected chi connectivity index (χ3v) is 10.8. The minimum absolute atomic E-state index is 0.0321. The molecule has 0 saturated carbocycles. The van der Waals surface area contributed by atoms with Gasteiger partial charge in [-0.3, -0.25) is 19.3 Å². The topological polar surface area (TPSA) is 72.7 Å². The van der Waals surface area contributed by atoms with Crippen LogP contribution in [0.2, 0.25) is 0 Å². The fraction of sp³-hybridized carbons (Fsp3) is 0.395. The van der Waals surface area contributed by atoms with Crippen LogP contribution in [-0.2, 0) is 25.2 Å². The zero-order valence-corrected chi connectivity index (χ0v) is 30.3. The van der Waals surface area contributed by atoms with Crippen molar-refractivity contribution < 1.29 is 19.0 Å². The van der Waals surface area contributed by atoms with E-state index in [9.17, 15) is 14.4 Å². The number of hydrogen-bond acceptors (Lipinski definition) is 4. The normalized spacial score (nSPS) is 20.8. The van der Waals surface area contributed by atoms with Crippen LogP contribution < -0.4 is 10.2 Å². The van der Waals surface area contributed by atoms with Crippen LogP contribution in [0.1, 0.15) is 83.8 Å². The number of anilines is 1. The molecule has 7 nitrogen and oxygen atoms in total. The van der Waals surface area contributed by atoms with Crippen LogP contribution in [0.4, 0.5) is 11.4 Å². The van der Waals surface area contributed by atoms with Crippen LogP contribution in [0.25, 0.3) is 0 Å². The van der Waals surface area contributed by atoms with Gasteiger partial charge in [-0.25, -0.2) is 0 Å². The monoisotopic (exact) mass is 671 g/mol. The second-order valence-electron chi connectivity index (χ2n) is 14.9. The van der Waals surface area contributed by atoms with Crippen molar-refractivity contribution in [2.75, 3.05) is 31.6 Å². The molecule has 260 valence electrons. The number of hydrogen-bond donors (Lipinski definition) is 1. The lowest BCUT2D eigenvalue weighted by atomic mass is 9.81. The first-order chi connectivity index (χ1) is 24.0. The van der Waals surface area contributed by atoms with E-state index in [1.165, 1.54) is 57.2 Å². The molecule has 3 amide bonds. The maximum Gasteiger partial charge on any atom is 0.253 e. The lowest BCUT2D eigenvalue weighted by molar-refractivity contribution is -0.401. The highest BCUT2D eigenvalue weighted by Crippen LogP contribution is 2.48. The van der Waals surface area contributed by atoms with E-state index in [1.807, 2.05) is 0 Å². The van der Waals surface area contributed by atoms with Gasteiger partial charge in [0.25, 0.3) is 11.8 Å². The van der Waals surface area contributed by atoms with Gasteiger partial charge in [0.05, 0.1) is 5.41 Å². The van der Waals surface area contributed by atoms with Gasteiger partial charge in [-0.15, -0.1) is 0 Å². The molecule has 0 saturated heterocycles. The highest BCUT2D eigenvalue weighted by molar-refractivity contribution is 6.12. The fourth-order valence-electron chi connectivity index (χ4n) is 7.98. The summed E-state index contributed by atoms with van der Waals surface area (Å²) in [6.07, 6.45) is 20.7. The van der Waals surface area contributed by atoms with Gasteiger partial charge in [0.1, 0.15) is 7.05 Å². The summed E-state index contributed by atoms with van der Waals surface area (Å²) < 4.78 is 2.34. The molecule has 1 N–H and O–H groups in total. The Balaban J connectivity index is 1.09. The molecule has 3 heterocycles. The third kappa shape index (κ3) is 7.09. The molecule has 4 aliphatic rings. The molecule has 0 atom stereocenters. The van der Waals surface area contributed by atoms with Crippen molar-refractivity contribution in [2.24, 2.45) is 0 Å². The van der Waals surface area contributed by atoms with Crippen molar-refractivity contribution in [1.82, 2.24) is 10.2 Å². The smallest absolute Gasteiger partial charge is 0.253 e. The lowest BCUT2D eigenvalue weighted by Crippen LogP contribution is -2.38. The van der Waals surface area contributed by atoms with Crippen LogP contribution in [0, 0.1) is 0 Å². The molecule has 3 aliphatic heterocycles. The summed E-state index contributed by atoms with van der Waals surface area (Å²) in [7, 11) is 2.18. The number of imide groups is 1. The molecule has 0 bridgehead atoms. The Bertz CT molecular complexity index is 1850. The quantitative estimate of drug-likeness (QED) is 0.144. The summed E-state index contributed by atoms with van der Waals surface area (Å²) in [5.74, 6) is -0.694. The van der Waals surface area contributed by atoms with Gasteiger partial charge < -0.3 is 10.2 Å². The lowest BCUT2D eigenvalue weighted by Gasteiger charge is -2.27. The number of fused-ring (bicyclic) bond motifs is 2. The second-order valence-corrected chi connectivity index (χ2v) is 14.9. The number of carbonyl (C=O) groups excluding carboxylic acids is 3. The molecule has 6 rings (SSSR count). The summed E-state index contributed by atoms with van der Waals surface area (Å²) in [5, 5.41) is 2.84. The van der Waals surface area contributed by atoms with Crippen molar-refractivity contribution in [3.63, 3.8) is 0 Å². The van der Waals surface area contributed by atoms with Crippen LogP contribution in [0.3, 0.4) is 0 Å². The van der Waals surface area contributed by atoms with E-state index in [2.05, 4.69) is 128 Å². The molecule has 0 radical (unpaired) electrons. The molecule has 7 heteroatoms. The van der Waals surface area contributed by atoms with E-state index in [1.54, 1.807) is 0 Å². The number of nitrogens with one attached hydrogen (secondary N) is 1. The van der Waals surface area contributed by atoms with Gasteiger partial charge >= 0.3 is 0 Å². The molecule has 1 aliphatic carbocycles. The van der Waals surface area contributed by atoms with Crippen molar-refractivity contribution in [2.45, 2.75) is 83.5 Å². The summed E-state index contributed by atoms with van der Waals surface area (Å²) in [6, 6.07) is 17.4. The summed E-state index contributed by atoms with van der Waals surface area (Å²) in [5.41, 5.74) is 10.5. The van der Waals surface area contributed by atoms with E-state index in [4.69, 9.17) is 0 Å². The Hall–Kier alpha value is -4.78. The Kier molecular flexibility index (Phi) is 10.2. The molecule has 0 unspecified atom stereocenters. The van der Waals surface area contributed by atoms with E-state index in [0.29, 0.717) is 6.42 Å². The van der Waals surface area contributed by atoms with Gasteiger partial charge in [-0.2, -0.15) is 4.58 Å². The van der Waals surface area contributed by atoms with E-state index >= 15 is 0 Å². The molecule has 2 aromatic rings. The zero-order chi connectivity index (χ0) is 35.5. The number of amides is 3. The van der Waals surface area contributed by atoms with Crippen LogP contribution in [0.5, 0.6) is 0 Å². The Labute approximate surface area is 297 Å². The van der Waals surface area contributed by atoms with Gasteiger partial charge in [0.2, 0.25) is 11.6 Å². The van der Waals surface area contributed by atoms with Gasteiger partial charge in [-0.1, -0.05) is 74.9 Å². The summed E-state index contributed by atoms with van der Waals surface area (Å²) in [4.78, 5) is 39.4. The first-order valence-corrected chi connectivity index (χ1v) is 18.2. The first kappa shape index (κ1) is 35.1. The number of para-hydroxylation sites is 2. The summed E-state index contributed by atoms with van der Waals surface area (Å²) in [6.45, 7) is 10.6. The van der Waals surface area contributed by atoms with Crippen LogP contribution >= 0.6 is 0 Å². The maximum absolute atomic E-state index is 12.4. The minimum atomic E-state index is -0.323. The molecule has 0 fully saturated rings. The van der Waals surface area contributed by atoms with Gasteiger partial charge in [0, 0.05) is 72.7 Å². The first-order valence-electron chi connectivity index (χ1n) is 18.2. The average molecular weight is 672 g/mol. The Morgan fingerprint density at radius 1 is 0.820 bits per heavy atom. The fourth-order valence-corrected chi connectivity index (χ4v) is 7.98. The molecule has 0 spiro atoms. The molecule has 2 aromatic carbocycles. The van der Waals surface area contributed by atoms with Crippen LogP contribution in [-0.4, -0.2) is 59.6 Å². The highest BCUT2D eigenvalue weighted by atomic mass is 16.2. The number of nitrogens with zero attached hydrogens (tertiary/aromatic N) is 3. The number of rotatable bonds is 12. The maximum atomic E-state index is 12.4. The Morgan fingerprint density at radius 2 is 1.54 bits per heavy atom. The van der Waals surface area contributed by atoms with Crippen molar-refractivity contribution in [3.05, 3.63) is 119 Å². The average Bonchev–Trinajstić information content (AvgIpc) is 3.61. The zero-order valence-electron chi connectivity index (χ0n) is 30.3. The number of carbonyl (C=O) groups is 3. The van der Waals surface area contributed by atoms with Crippen LogP contribution in [0.15, 0.2) is 108 Å². The predicted molar refractivity (Wildman–Crippen MR) is 202 cm³/mol. The molecule has 0 aromatic heterocycles. The summed E-state index contributed by atoms with van der Waals surface area (Å²) >= 11 is 0. The number of allylic oxidation sites excluding steroid dienone is 8. The van der Waals surface area contributed by atoms with Gasteiger partial charge in [-0.05, 0) is 74.8 Å². The minimum Gasteiger partial charge on any atom is -0.354 e. The van der Waals surface area contributed by atoms with Crippen molar-refractivity contribution in [1.29, 1.82) is 0 Å². The Morgan fingerprint density at radius 3 is 2.30 bits per heavy atom. The highest BCUT2D eigenvalue weighted by Gasteiger charge is 2.42. The van der Waals surface area contributed by atoms with E-state index < -0.39 is 0 Å². The SMILES string of the molecule is C[N+]1=C(/C=C/C2=CC(=C/C=C3/N(CCCCCC(=O)NCCN4C(=O)C=CC4=O)c4ccccc4C3(C)C)/CCC2)C(C)(C)c2ccccc21. The van der Waals surface area contributed by atoms with Crippen molar-refractivity contribution >= 4 is 34.8 Å². The van der Waals surface area contributed by atoms with E-state index in [0.717, 1.165) is 50.0 Å². The largest absolute Gasteiger partial charge is 0.354 e. The van der Waals surface area contributed by atoms with E-state index in [-0.39, 0.29) is 41.6 Å². The molecule has 50 heavy (non-hydrogen) atoms. The number of benzene rings is 2. The second kappa shape index (κ2) is 14.6. The standard InChI is InChI=1S/C43H50N4O3/c1-42(2)33-16-8-10-18-35(33)45(5)37(42)23-21-31-14-13-15-32(30-31)22-24-38-43(3,4)34-17-9-11-19-36(34)46(38)28-12-6-7-20-39(48)44-27-29-47-40(49)25-26-41(47)50/h8-11,16-19,21-26,30H,6-7,12-15,20,27-29H2,1-5H3/p+1. The van der Waals surface area contributed by atoms with Gasteiger partial charge in [0.15, 0.2) is 5.71 Å². The third-order valence-electron chi connectivity index (χ3n) is 10.8.